The van der Waals surface area contributed by atoms with E-state index in [1.807, 2.05) is 0 Å². The van der Waals surface area contributed by atoms with Gasteiger partial charge in [0.1, 0.15) is 17.1 Å². The highest BCUT2D eigenvalue weighted by atomic mass is 35.5. The van der Waals surface area contributed by atoms with E-state index in [1.165, 1.54) is 42.5 Å². The molecule has 2 unspecified atom stereocenters. The summed E-state index contributed by atoms with van der Waals surface area (Å²) in [5.74, 6) is -0.984. The standard InChI is InChI=1S/C21H22ClN3O5S2/c1-12-3-8-16-17(10-23)20(31-18(16)9-12)24-19(26)11-30-21(27)13(2)25-32(28,29)15-6-4-14(22)5-7-15/h4-7,12-13,25H,3,8-9,11H2,1-2H3,(H,24,26). The number of nitrogens with one attached hydrogen (secondary N) is 2. The smallest absolute Gasteiger partial charge is 0.324 e. The molecule has 0 fully saturated rings. The topological polar surface area (TPSA) is 125 Å². The molecule has 11 heteroatoms. The summed E-state index contributed by atoms with van der Waals surface area (Å²) in [4.78, 5) is 25.5. The molecule has 1 heterocycles. The third-order valence-corrected chi connectivity index (χ3v) is 8.01. The lowest BCUT2D eigenvalue weighted by Crippen LogP contribution is -2.40. The Morgan fingerprint density at radius 1 is 1.34 bits per heavy atom. The summed E-state index contributed by atoms with van der Waals surface area (Å²) >= 11 is 7.13. The van der Waals surface area contributed by atoms with Crippen molar-refractivity contribution < 1.29 is 22.7 Å². The van der Waals surface area contributed by atoms with Crippen molar-refractivity contribution in [2.45, 2.75) is 44.0 Å². The number of benzene rings is 1. The van der Waals surface area contributed by atoms with Crippen molar-refractivity contribution in [3.05, 3.63) is 45.3 Å². The van der Waals surface area contributed by atoms with Gasteiger partial charge >= 0.3 is 5.97 Å². The van der Waals surface area contributed by atoms with Crippen LogP contribution in [0.2, 0.25) is 5.02 Å². The number of nitrogens with zero attached hydrogens (tertiary/aromatic N) is 1. The predicted octanol–water partition coefficient (Wildman–Crippen LogP) is 3.25. The molecule has 0 saturated heterocycles. The number of carbonyl (C=O) groups is 2. The van der Waals surface area contributed by atoms with Crippen LogP contribution in [0, 0.1) is 17.2 Å². The van der Waals surface area contributed by atoms with Crippen molar-refractivity contribution in [2.24, 2.45) is 5.92 Å². The van der Waals surface area contributed by atoms with Crippen molar-refractivity contribution in [3.8, 4) is 6.07 Å². The minimum absolute atomic E-state index is 0.0562. The Morgan fingerprint density at radius 2 is 2.03 bits per heavy atom. The van der Waals surface area contributed by atoms with Gasteiger partial charge in [0, 0.05) is 9.90 Å². The van der Waals surface area contributed by atoms with Crippen LogP contribution >= 0.6 is 22.9 Å². The largest absolute Gasteiger partial charge is 0.454 e. The van der Waals surface area contributed by atoms with Crippen LogP contribution in [0.3, 0.4) is 0 Å². The number of hydrogen-bond acceptors (Lipinski definition) is 7. The van der Waals surface area contributed by atoms with Gasteiger partial charge in [0.25, 0.3) is 5.91 Å². The second-order valence-corrected chi connectivity index (χ2v) is 10.9. The summed E-state index contributed by atoms with van der Waals surface area (Å²) in [6, 6.07) is 6.40. The van der Waals surface area contributed by atoms with Crippen LogP contribution in [0.25, 0.3) is 0 Å². The summed E-state index contributed by atoms with van der Waals surface area (Å²) in [6.07, 6.45) is 2.66. The third kappa shape index (κ3) is 5.66. The Hall–Kier alpha value is -2.45. The predicted molar refractivity (Wildman–Crippen MR) is 121 cm³/mol. The van der Waals surface area contributed by atoms with Gasteiger partial charge in [0.2, 0.25) is 10.0 Å². The Morgan fingerprint density at radius 3 is 2.69 bits per heavy atom. The number of halogens is 1. The first-order chi connectivity index (χ1) is 15.1. The molecular formula is C21H22ClN3O5S2. The number of ether oxygens (including phenoxy) is 1. The molecule has 0 radical (unpaired) electrons. The molecule has 1 aromatic carbocycles. The number of carbonyl (C=O) groups excluding carboxylic acids is 2. The van der Waals surface area contributed by atoms with Crippen LogP contribution < -0.4 is 10.0 Å². The molecule has 8 nitrogen and oxygen atoms in total. The first-order valence-corrected chi connectivity index (χ1v) is 12.6. The van der Waals surface area contributed by atoms with Crippen molar-refractivity contribution in [3.63, 3.8) is 0 Å². The van der Waals surface area contributed by atoms with Crippen LogP contribution in [-0.2, 0) is 37.2 Å². The van der Waals surface area contributed by atoms with Gasteiger partial charge in [-0.05, 0) is 61.9 Å². The minimum atomic E-state index is -3.97. The number of amides is 1. The van der Waals surface area contributed by atoms with Crippen LogP contribution in [-0.4, -0.2) is 32.9 Å². The quantitative estimate of drug-likeness (QED) is 0.568. The number of nitriles is 1. The van der Waals surface area contributed by atoms with Crippen LogP contribution in [0.1, 0.15) is 36.3 Å². The summed E-state index contributed by atoms with van der Waals surface area (Å²) in [5.41, 5.74) is 1.44. The fourth-order valence-electron chi connectivity index (χ4n) is 3.34. The van der Waals surface area contributed by atoms with E-state index in [2.05, 4.69) is 23.0 Å². The highest BCUT2D eigenvalue weighted by Gasteiger charge is 2.26. The van der Waals surface area contributed by atoms with E-state index in [0.29, 0.717) is 21.5 Å². The molecule has 1 aromatic heterocycles. The van der Waals surface area contributed by atoms with Gasteiger partial charge in [-0.1, -0.05) is 18.5 Å². The minimum Gasteiger partial charge on any atom is -0.454 e. The third-order valence-electron chi connectivity index (χ3n) is 5.03. The van der Waals surface area contributed by atoms with Crippen LogP contribution in [0.4, 0.5) is 5.00 Å². The van der Waals surface area contributed by atoms with Crippen molar-refractivity contribution in [2.75, 3.05) is 11.9 Å². The average molecular weight is 496 g/mol. The molecule has 2 atom stereocenters. The highest BCUT2D eigenvalue weighted by Crippen LogP contribution is 2.39. The highest BCUT2D eigenvalue weighted by molar-refractivity contribution is 7.89. The van der Waals surface area contributed by atoms with Gasteiger partial charge in [0.15, 0.2) is 6.61 Å². The average Bonchev–Trinajstić information content (AvgIpc) is 3.07. The molecule has 0 bridgehead atoms. The molecule has 3 rings (SSSR count). The number of anilines is 1. The molecule has 1 aliphatic rings. The molecule has 0 aliphatic heterocycles. The van der Waals surface area contributed by atoms with Gasteiger partial charge in [-0.15, -0.1) is 11.3 Å². The lowest BCUT2D eigenvalue weighted by atomic mass is 9.89. The summed E-state index contributed by atoms with van der Waals surface area (Å²) < 4.78 is 31.9. The molecule has 170 valence electrons. The number of sulfonamides is 1. The van der Waals surface area contributed by atoms with Gasteiger partial charge in [-0.2, -0.15) is 9.98 Å². The monoisotopic (exact) mass is 495 g/mol. The molecule has 1 aliphatic carbocycles. The lowest BCUT2D eigenvalue weighted by molar-refractivity contribution is -0.148. The van der Waals surface area contributed by atoms with E-state index in [1.54, 1.807) is 0 Å². The molecule has 0 saturated carbocycles. The number of rotatable bonds is 7. The summed E-state index contributed by atoms with van der Waals surface area (Å²) in [6.45, 7) is 2.86. The Bertz CT molecular complexity index is 1170. The molecule has 0 spiro atoms. The first-order valence-electron chi connectivity index (χ1n) is 9.89. The van der Waals surface area contributed by atoms with E-state index >= 15 is 0 Å². The first kappa shape index (κ1) is 24.2. The number of hydrogen-bond donors (Lipinski definition) is 2. The maximum Gasteiger partial charge on any atom is 0.324 e. The van der Waals surface area contributed by atoms with Crippen LogP contribution in [0.15, 0.2) is 29.2 Å². The zero-order chi connectivity index (χ0) is 23.5. The van der Waals surface area contributed by atoms with Gasteiger partial charge < -0.3 is 10.1 Å². The Labute approximate surface area is 195 Å². The van der Waals surface area contributed by atoms with E-state index in [-0.39, 0.29) is 4.90 Å². The molecule has 2 N–H and O–H groups in total. The molecule has 1 amide bonds. The van der Waals surface area contributed by atoms with E-state index < -0.39 is 34.5 Å². The SMILES string of the molecule is CC1CCc2c(sc(NC(=O)COC(=O)C(C)NS(=O)(=O)c3ccc(Cl)cc3)c2C#N)C1. The fraction of sp³-hybridized carbons (Fsp3) is 0.381. The van der Waals surface area contributed by atoms with E-state index in [0.717, 1.165) is 29.7 Å². The molecule has 32 heavy (non-hydrogen) atoms. The van der Waals surface area contributed by atoms with E-state index in [9.17, 15) is 23.3 Å². The molecule has 2 aromatic rings. The summed E-state index contributed by atoms with van der Waals surface area (Å²) in [5, 5.41) is 13.0. The normalized spacial score (nSPS) is 16.5. The number of fused-ring (bicyclic) bond motifs is 1. The van der Waals surface area contributed by atoms with Crippen molar-refractivity contribution >= 4 is 49.8 Å². The fourth-order valence-corrected chi connectivity index (χ4v) is 6.04. The van der Waals surface area contributed by atoms with Gasteiger partial charge in [-0.3, -0.25) is 9.59 Å². The van der Waals surface area contributed by atoms with Gasteiger partial charge in [0.05, 0.1) is 10.5 Å². The van der Waals surface area contributed by atoms with Gasteiger partial charge in [-0.25, -0.2) is 8.42 Å². The Balaban J connectivity index is 1.56. The maximum atomic E-state index is 12.4. The number of thiophene rings is 1. The maximum absolute atomic E-state index is 12.4. The number of esters is 1. The second kappa shape index (κ2) is 10.0. The zero-order valence-electron chi connectivity index (χ0n) is 17.5. The zero-order valence-corrected chi connectivity index (χ0v) is 19.9. The van der Waals surface area contributed by atoms with E-state index in [4.69, 9.17) is 16.3 Å². The second-order valence-electron chi connectivity index (χ2n) is 7.62. The van der Waals surface area contributed by atoms with Crippen molar-refractivity contribution in [1.29, 1.82) is 5.26 Å². The summed E-state index contributed by atoms with van der Waals surface area (Å²) in [7, 11) is -3.97. The van der Waals surface area contributed by atoms with Crippen LogP contribution in [0.5, 0.6) is 0 Å². The molecular weight excluding hydrogens is 474 g/mol. The van der Waals surface area contributed by atoms with Crippen molar-refractivity contribution in [1.82, 2.24) is 4.72 Å². The lowest BCUT2D eigenvalue weighted by Gasteiger charge is -2.17. The Kier molecular flexibility index (Phi) is 7.56.